The van der Waals surface area contributed by atoms with Crippen LogP contribution >= 0.6 is 11.3 Å². The van der Waals surface area contributed by atoms with Gasteiger partial charge in [0.2, 0.25) is 5.78 Å². The van der Waals surface area contributed by atoms with Gasteiger partial charge in [-0.15, -0.1) is 11.3 Å². The van der Waals surface area contributed by atoms with Crippen molar-refractivity contribution < 1.29 is 4.79 Å². The van der Waals surface area contributed by atoms with Crippen LogP contribution in [0.1, 0.15) is 32.1 Å². The fourth-order valence-electron chi connectivity index (χ4n) is 2.08. The van der Waals surface area contributed by atoms with E-state index in [4.69, 9.17) is 0 Å². The Balaban J connectivity index is 1.95. The van der Waals surface area contributed by atoms with E-state index >= 15 is 0 Å². The zero-order chi connectivity index (χ0) is 11.0. The van der Waals surface area contributed by atoms with Crippen LogP contribution in [0.25, 0.3) is 0 Å². The first-order valence-corrected chi connectivity index (χ1v) is 6.22. The summed E-state index contributed by atoms with van der Waals surface area (Å²) in [5, 5.41) is 0. The molecule has 0 radical (unpaired) electrons. The quantitative estimate of drug-likeness (QED) is 0.741. The fraction of sp³-hybridized carbons (Fsp3) is 0.231. The summed E-state index contributed by atoms with van der Waals surface area (Å²) in [5.41, 5.74) is 2.06. The van der Waals surface area contributed by atoms with Crippen LogP contribution in [0.15, 0.2) is 30.6 Å². The molecule has 0 spiro atoms. The number of carbonyl (C=O) groups excluding carboxylic acids is 1. The third-order valence-corrected chi connectivity index (χ3v) is 4.13. The number of aromatic nitrogens is 1. The molecule has 0 atom stereocenters. The number of aryl methyl sites for hydroxylation is 2. The standard InChI is InChI=1S/C13H11NOS/c15-13(10-4-2-6-14-8-10)12-7-9-3-1-5-11(9)16-12/h2,4,6-8H,1,3,5H2. The van der Waals surface area contributed by atoms with Crippen LogP contribution in [0.4, 0.5) is 0 Å². The van der Waals surface area contributed by atoms with Crippen molar-refractivity contribution in [1.82, 2.24) is 4.98 Å². The lowest BCUT2D eigenvalue weighted by atomic mass is 10.1. The van der Waals surface area contributed by atoms with Gasteiger partial charge >= 0.3 is 0 Å². The molecule has 0 saturated heterocycles. The Labute approximate surface area is 98.0 Å². The van der Waals surface area contributed by atoms with E-state index in [1.807, 2.05) is 6.07 Å². The lowest BCUT2D eigenvalue weighted by molar-refractivity contribution is 0.104. The van der Waals surface area contributed by atoms with Gasteiger partial charge in [-0.05, 0) is 43.0 Å². The molecular formula is C13H11NOS. The second-order valence-corrected chi connectivity index (χ2v) is 5.12. The molecule has 2 aromatic rings. The largest absolute Gasteiger partial charge is 0.288 e. The van der Waals surface area contributed by atoms with Crippen LogP contribution in [-0.4, -0.2) is 10.8 Å². The highest BCUT2D eigenvalue weighted by atomic mass is 32.1. The summed E-state index contributed by atoms with van der Waals surface area (Å²) in [4.78, 5) is 18.4. The summed E-state index contributed by atoms with van der Waals surface area (Å²) < 4.78 is 0. The maximum atomic E-state index is 12.1. The molecule has 1 aliphatic rings. The zero-order valence-electron chi connectivity index (χ0n) is 8.77. The molecule has 0 fully saturated rings. The van der Waals surface area contributed by atoms with Crippen molar-refractivity contribution in [3.05, 3.63) is 51.5 Å². The zero-order valence-corrected chi connectivity index (χ0v) is 9.59. The molecule has 0 saturated carbocycles. The van der Waals surface area contributed by atoms with Gasteiger partial charge in [-0.25, -0.2) is 0 Å². The molecule has 0 bridgehead atoms. The van der Waals surface area contributed by atoms with E-state index in [9.17, 15) is 4.79 Å². The van der Waals surface area contributed by atoms with Gasteiger partial charge in [0, 0.05) is 22.8 Å². The average molecular weight is 229 g/mol. The fourth-order valence-corrected chi connectivity index (χ4v) is 3.30. The van der Waals surface area contributed by atoms with Crippen LogP contribution in [-0.2, 0) is 12.8 Å². The van der Waals surface area contributed by atoms with Crippen molar-refractivity contribution in [2.75, 3.05) is 0 Å². The van der Waals surface area contributed by atoms with Crippen molar-refractivity contribution in [1.29, 1.82) is 0 Å². The highest BCUT2D eigenvalue weighted by Gasteiger charge is 2.19. The summed E-state index contributed by atoms with van der Waals surface area (Å²) in [6, 6.07) is 5.68. The van der Waals surface area contributed by atoms with Gasteiger partial charge < -0.3 is 0 Å². The third kappa shape index (κ3) is 1.57. The van der Waals surface area contributed by atoms with Gasteiger partial charge in [0.25, 0.3) is 0 Å². The van der Waals surface area contributed by atoms with Gasteiger partial charge in [0.1, 0.15) is 0 Å². The average Bonchev–Trinajstić information content (AvgIpc) is 2.89. The highest BCUT2D eigenvalue weighted by molar-refractivity contribution is 7.14. The Hall–Kier alpha value is -1.48. The molecule has 3 rings (SSSR count). The molecule has 0 amide bonds. The number of rotatable bonds is 2. The van der Waals surface area contributed by atoms with Crippen molar-refractivity contribution >= 4 is 17.1 Å². The SMILES string of the molecule is O=C(c1cccnc1)c1cc2c(s1)CCC2. The smallest absolute Gasteiger partial charge is 0.204 e. The predicted molar refractivity (Wildman–Crippen MR) is 64.0 cm³/mol. The molecule has 2 aromatic heterocycles. The number of nitrogens with zero attached hydrogens (tertiary/aromatic N) is 1. The molecule has 1 aliphatic carbocycles. The van der Waals surface area contributed by atoms with Crippen molar-refractivity contribution in [2.24, 2.45) is 0 Å². The second kappa shape index (κ2) is 3.83. The topological polar surface area (TPSA) is 30.0 Å². The molecule has 0 N–H and O–H groups in total. The molecule has 3 heteroatoms. The molecule has 80 valence electrons. The first kappa shape index (κ1) is 9.73. The molecular weight excluding hydrogens is 218 g/mol. The second-order valence-electron chi connectivity index (χ2n) is 3.98. The van der Waals surface area contributed by atoms with Crippen LogP contribution in [0.5, 0.6) is 0 Å². The van der Waals surface area contributed by atoms with Gasteiger partial charge in [-0.1, -0.05) is 0 Å². The Bertz CT molecular complexity index is 509. The number of carbonyl (C=O) groups is 1. The first-order valence-electron chi connectivity index (χ1n) is 5.41. The lowest BCUT2D eigenvalue weighted by Gasteiger charge is -1.96. The molecule has 0 aromatic carbocycles. The van der Waals surface area contributed by atoms with Crippen molar-refractivity contribution in [2.45, 2.75) is 19.3 Å². The van der Waals surface area contributed by atoms with E-state index in [0.717, 1.165) is 17.7 Å². The highest BCUT2D eigenvalue weighted by Crippen LogP contribution is 2.31. The van der Waals surface area contributed by atoms with Gasteiger partial charge in [-0.3, -0.25) is 9.78 Å². The molecule has 0 aliphatic heterocycles. The van der Waals surface area contributed by atoms with Gasteiger partial charge in [0.15, 0.2) is 0 Å². The molecule has 2 heterocycles. The van der Waals surface area contributed by atoms with E-state index in [0.29, 0.717) is 5.56 Å². The Morgan fingerprint density at radius 1 is 1.38 bits per heavy atom. The minimum atomic E-state index is 0.104. The number of thiophene rings is 1. The maximum absolute atomic E-state index is 12.1. The van der Waals surface area contributed by atoms with Crippen LogP contribution < -0.4 is 0 Å². The van der Waals surface area contributed by atoms with Gasteiger partial charge in [0.05, 0.1) is 4.88 Å². The number of fused-ring (bicyclic) bond motifs is 1. The normalized spacial score (nSPS) is 13.8. The number of pyridine rings is 1. The molecule has 16 heavy (non-hydrogen) atoms. The summed E-state index contributed by atoms with van der Waals surface area (Å²) in [5.74, 6) is 0.104. The summed E-state index contributed by atoms with van der Waals surface area (Å²) in [6.45, 7) is 0. The Morgan fingerprint density at radius 3 is 3.06 bits per heavy atom. The lowest BCUT2D eigenvalue weighted by Crippen LogP contribution is -1.98. The third-order valence-electron chi connectivity index (χ3n) is 2.89. The van der Waals surface area contributed by atoms with E-state index in [-0.39, 0.29) is 5.78 Å². The monoisotopic (exact) mass is 229 g/mol. The van der Waals surface area contributed by atoms with Crippen molar-refractivity contribution in [3.8, 4) is 0 Å². The van der Waals surface area contributed by atoms with E-state index < -0.39 is 0 Å². The van der Waals surface area contributed by atoms with E-state index in [2.05, 4.69) is 11.1 Å². The summed E-state index contributed by atoms with van der Waals surface area (Å²) >= 11 is 1.65. The minimum absolute atomic E-state index is 0.104. The Morgan fingerprint density at radius 2 is 2.31 bits per heavy atom. The number of hydrogen-bond acceptors (Lipinski definition) is 3. The van der Waals surface area contributed by atoms with Gasteiger partial charge in [-0.2, -0.15) is 0 Å². The molecule has 0 unspecified atom stereocenters. The van der Waals surface area contributed by atoms with E-state index in [1.54, 1.807) is 29.8 Å². The van der Waals surface area contributed by atoms with Crippen LogP contribution in [0.3, 0.4) is 0 Å². The van der Waals surface area contributed by atoms with Crippen LogP contribution in [0.2, 0.25) is 0 Å². The first-order chi connectivity index (χ1) is 7.84. The minimum Gasteiger partial charge on any atom is -0.288 e. The maximum Gasteiger partial charge on any atom is 0.204 e. The number of ketones is 1. The molecule has 2 nitrogen and oxygen atoms in total. The summed E-state index contributed by atoms with van der Waals surface area (Å²) in [6.07, 6.45) is 6.83. The predicted octanol–water partition coefficient (Wildman–Crippen LogP) is 2.86. The number of hydrogen-bond donors (Lipinski definition) is 0. The van der Waals surface area contributed by atoms with E-state index in [1.165, 1.54) is 16.9 Å². The van der Waals surface area contributed by atoms with Crippen molar-refractivity contribution in [3.63, 3.8) is 0 Å². The summed E-state index contributed by atoms with van der Waals surface area (Å²) in [7, 11) is 0. The Kier molecular flexibility index (Phi) is 2.33. The van der Waals surface area contributed by atoms with Crippen LogP contribution in [0, 0.1) is 0 Å².